The lowest BCUT2D eigenvalue weighted by molar-refractivity contribution is -0.131. The third-order valence-corrected chi connectivity index (χ3v) is 3.06. The van der Waals surface area contributed by atoms with E-state index in [4.69, 9.17) is 5.73 Å². The van der Waals surface area contributed by atoms with Crippen LogP contribution in [-0.4, -0.2) is 29.7 Å². The molecule has 0 saturated heterocycles. The largest absolute Gasteiger partial charge is 0.330 e. The molecule has 4 heteroatoms. The van der Waals surface area contributed by atoms with Crippen LogP contribution in [0.2, 0.25) is 0 Å². The van der Waals surface area contributed by atoms with Crippen molar-refractivity contribution in [3.63, 3.8) is 0 Å². The molecule has 1 aliphatic heterocycles. The summed E-state index contributed by atoms with van der Waals surface area (Å²) in [6, 6.07) is 0. The molecule has 1 heterocycles. The minimum Gasteiger partial charge on any atom is -0.330 e. The average Bonchev–Trinajstić information content (AvgIpc) is 2.54. The quantitative estimate of drug-likeness (QED) is 0.797. The summed E-state index contributed by atoms with van der Waals surface area (Å²) in [5, 5.41) is 6.17. The molecule has 0 aromatic rings. The van der Waals surface area contributed by atoms with E-state index in [9.17, 15) is 4.79 Å². The molecule has 1 amide bonds. The van der Waals surface area contributed by atoms with Gasteiger partial charge in [0, 0.05) is 12.0 Å². The third kappa shape index (κ3) is 3.28. The number of nitrogens with zero attached hydrogens (tertiary/aromatic N) is 2. The van der Waals surface area contributed by atoms with Crippen LogP contribution in [-0.2, 0) is 4.79 Å². The molecule has 0 fully saturated rings. The summed E-state index contributed by atoms with van der Waals surface area (Å²) in [5.74, 6) is 0.0330. The molecule has 4 nitrogen and oxygen atoms in total. The van der Waals surface area contributed by atoms with E-state index in [2.05, 4.69) is 32.8 Å². The second-order valence-electron chi connectivity index (χ2n) is 5.68. The van der Waals surface area contributed by atoms with Crippen LogP contribution in [0.5, 0.6) is 0 Å². The normalized spacial score (nSPS) is 21.0. The predicted octanol–water partition coefficient (Wildman–Crippen LogP) is 2.00. The van der Waals surface area contributed by atoms with Gasteiger partial charge in [-0.1, -0.05) is 34.1 Å². The van der Waals surface area contributed by atoms with E-state index in [1.807, 2.05) is 0 Å². The summed E-state index contributed by atoms with van der Waals surface area (Å²) in [5.41, 5.74) is 6.53. The predicted molar refractivity (Wildman–Crippen MR) is 70.7 cm³/mol. The van der Waals surface area contributed by atoms with Crippen molar-refractivity contribution in [1.82, 2.24) is 5.01 Å². The Morgan fingerprint density at radius 2 is 2.06 bits per heavy atom. The maximum atomic E-state index is 12.2. The molecule has 98 valence electrons. The zero-order valence-electron chi connectivity index (χ0n) is 11.5. The topological polar surface area (TPSA) is 58.7 Å². The van der Waals surface area contributed by atoms with Gasteiger partial charge in [0.25, 0.3) is 5.91 Å². The highest BCUT2D eigenvalue weighted by molar-refractivity contribution is 6.10. The monoisotopic (exact) mass is 239 g/mol. The maximum Gasteiger partial charge on any atom is 0.251 e. The Labute approximate surface area is 104 Å². The van der Waals surface area contributed by atoms with E-state index < -0.39 is 0 Å². The molecule has 0 aromatic carbocycles. The Morgan fingerprint density at radius 1 is 1.41 bits per heavy atom. The Hall–Kier alpha value is -0.900. The number of carbonyl (C=O) groups excluding carboxylic acids is 1. The van der Waals surface area contributed by atoms with E-state index in [-0.39, 0.29) is 17.2 Å². The number of hydrogen-bond acceptors (Lipinski definition) is 3. The second-order valence-corrected chi connectivity index (χ2v) is 5.68. The lowest BCUT2D eigenvalue weighted by Crippen LogP contribution is -2.33. The number of hydrazone groups is 1. The van der Waals surface area contributed by atoms with Gasteiger partial charge < -0.3 is 5.73 Å². The van der Waals surface area contributed by atoms with Crippen molar-refractivity contribution in [1.29, 1.82) is 0 Å². The fraction of sp³-hybridized carbons (Fsp3) is 0.846. The minimum atomic E-state index is -0.100. The third-order valence-electron chi connectivity index (χ3n) is 3.06. The molecule has 1 rings (SSSR count). The first-order chi connectivity index (χ1) is 7.91. The van der Waals surface area contributed by atoms with Crippen molar-refractivity contribution in [2.24, 2.45) is 22.2 Å². The highest BCUT2D eigenvalue weighted by atomic mass is 16.2. The van der Waals surface area contributed by atoms with Gasteiger partial charge in [-0.05, 0) is 19.4 Å². The Kier molecular flexibility index (Phi) is 4.69. The van der Waals surface area contributed by atoms with Gasteiger partial charge in [0.05, 0.1) is 11.6 Å². The van der Waals surface area contributed by atoms with Gasteiger partial charge in [-0.25, -0.2) is 5.01 Å². The van der Waals surface area contributed by atoms with Crippen LogP contribution < -0.4 is 5.73 Å². The van der Waals surface area contributed by atoms with Crippen molar-refractivity contribution in [2.75, 3.05) is 13.1 Å². The molecule has 1 unspecified atom stereocenters. The van der Waals surface area contributed by atoms with Crippen molar-refractivity contribution in [2.45, 2.75) is 47.0 Å². The van der Waals surface area contributed by atoms with Gasteiger partial charge in [0.15, 0.2) is 0 Å². The summed E-state index contributed by atoms with van der Waals surface area (Å²) >= 11 is 0. The van der Waals surface area contributed by atoms with Gasteiger partial charge >= 0.3 is 0 Å². The molecule has 0 bridgehead atoms. The molecule has 0 saturated carbocycles. The van der Waals surface area contributed by atoms with Crippen LogP contribution in [0.4, 0.5) is 0 Å². The molecule has 1 atom stereocenters. The maximum absolute atomic E-state index is 12.2. The number of carbonyl (C=O) groups is 1. The lowest BCUT2D eigenvalue weighted by Gasteiger charge is -2.21. The molecule has 0 aromatic heterocycles. The average molecular weight is 239 g/mol. The highest BCUT2D eigenvalue weighted by Crippen LogP contribution is 2.30. The molecule has 0 aliphatic carbocycles. The van der Waals surface area contributed by atoms with E-state index >= 15 is 0 Å². The SMILES string of the molecule is CCCCN1N=C(C(C)(C)C)C(CCN)C1=O. The van der Waals surface area contributed by atoms with Crippen LogP contribution in [0.25, 0.3) is 0 Å². The van der Waals surface area contributed by atoms with Gasteiger partial charge in [-0.3, -0.25) is 4.79 Å². The number of nitrogens with two attached hydrogens (primary N) is 1. The molecule has 2 N–H and O–H groups in total. The summed E-state index contributed by atoms with van der Waals surface area (Å²) in [7, 11) is 0. The van der Waals surface area contributed by atoms with Crippen LogP contribution in [0, 0.1) is 11.3 Å². The molecule has 0 spiro atoms. The summed E-state index contributed by atoms with van der Waals surface area (Å²) in [6.07, 6.45) is 2.78. The van der Waals surface area contributed by atoms with Crippen LogP contribution in [0.15, 0.2) is 5.10 Å². The minimum absolute atomic E-state index is 0.0591. The van der Waals surface area contributed by atoms with Crippen LogP contribution in [0.1, 0.15) is 47.0 Å². The van der Waals surface area contributed by atoms with Crippen molar-refractivity contribution >= 4 is 11.6 Å². The zero-order chi connectivity index (χ0) is 13.1. The summed E-state index contributed by atoms with van der Waals surface area (Å²) < 4.78 is 0. The Morgan fingerprint density at radius 3 is 2.53 bits per heavy atom. The fourth-order valence-electron chi connectivity index (χ4n) is 2.11. The first-order valence-electron chi connectivity index (χ1n) is 6.52. The second kappa shape index (κ2) is 5.63. The summed E-state index contributed by atoms with van der Waals surface area (Å²) in [6.45, 7) is 9.69. The lowest BCUT2D eigenvalue weighted by atomic mass is 9.81. The number of amides is 1. The number of rotatable bonds is 5. The Balaban J connectivity index is 2.85. The first kappa shape index (κ1) is 14.2. The Bertz CT molecular complexity index is 304. The zero-order valence-corrected chi connectivity index (χ0v) is 11.5. The van der Waals surface area contributed by atoms with Crippen molar-refractivity contribution in [3.05, 3.63) is 0 Å². The van der Waals surface area contributed by atoms with Crippen molar-refractivity contribution < 1.29 is 4.79 Å². The molecule has 0 radical (unpaired) electrons. The van der Waals surface area contributed by atoms with Gasteiger partial charge in [-0.15, -0.1) is 0 Å². The van der Waals surface area contributed by atoms with Gasteiger partial charge in [0.1, 0.15) is 0 Å². The van der Waals surface area contributed by atoms with Crippen LogP contribution >= 0.6 is 0 Å². The van der Waals surface area contributed by atoms with Gasteiger partial charge in [-0.2, -0.15) is 5.10 Å². The molecule has 17 heavy (non-hydrogen) atoms. The number of hydrogen-bond donors (Lipinski definition) is 1. The van der Waals surface area contributed by atoms with E-state index in [1.54, 1.807) is 5.01 Å². The van der Waals surface area contributed by atoms with E-state index in [0.29, 0.717) is 13.0 Å². The highest BCUT2D eigenvalue weighted by Gasteiger charge is 2.39. The molecular weight excluding hydrogens is 214 g/mol. The van der Waals surface area contributed by atoms with E-state index in [1.165, 1.54) is 0 Å². The molecular formula is C13H25N3O. The fourth-order valence-corrected chi connectivity index (χ4v) is 2.11. The summed E-state index contributed by atoms with van der Waals surface area (Å²) in [4.78, 5) is 12.2. The van der Waals surface area contributed by atoms with Crippen molar-refractivity contribution in [3.8, 4) is 0 Å². The van der Waals surface area contributed by atoms with Gasteiger partial charge in [0.2, 0.25) is 0 Å². The smallest absolute Gasteiger partial charge is 0.251 e. The first-order valence-corrected chi connectivity index (χ1v) is 6.52. The van der Waals surface area contributed by atoms with E-state index in [0.717, 1.165) is 25.1 Å². The number of unbranched alkanes of at least 4 members (excludes halogenated alkanes) is 1. The van der Waals surface area contributed by atoms with Crippen LogP contribution in [0.3, 0.4) is 0 Å². The molecule has 1 aliphatic rings. The standard InChI is InChI=1S/C13H25N3O/c1-5-6-9-16-12(17)10(7-8-14)11(15-16)13(2,3)4/h10H,5-9,14H2,1-4H3.